The van der Waals surface area contributed by atoms with Crippen LogP contribution in [0.15, 0.2) is 12.3 Å². The van der Waals surface area contributed by atoms with Crippen molar-refractivity contribution in [3.05, 3.63) is 29.1 Å². The summed E-state index contributed by atoms with van der Waals surface area (Å²) in [5, 5.41) is 3.05. The van der Waals surface area contributed by atoms with E-state index in [0.717, 1.165) is 62.1 Å². The lowest BCUT2D eigenvalue weighted by Crippen LogP contribution is -2.41. The molecule has 4 heterocycles. The summed E-state index contributed by atoms with van der Waals surface area (Å²) in [7, 11) is 2.05. The van der Waals surface area contributed by atoms with Crippen molar-refractivity contribution >= 4 is 11.8 Å². The molecule has 1 aromatic rings. The van der Waals surface area contributed by atoms with Crippen molar-refractivity contribution in [1.29, 1.82) is 0 Å². The van der Waals surface area contributed by atoms with Crippen LogP contribution in [0.25, 0.3) is 0 Å². The van der Waals surface area contributed by atoms with Gasteiger partial charge in [-0.2, -0.15) is 0 Å². The zero-order valence-electron chi connectivity index (χ0n) is 16.7. The number of carbonyl (C=O) groups excluding carboxylic acids is 2. The summed E-state index contributed by atoms with van der Waals surface area (Å²) < 4.78 is 5.38. The summed E-state index contributed by atoms with van der Waals surface area (Å²) >= 11 is 0. The maximum atomic E-state index is 12.8. The Bertz CT molecular complexity index is 732. The van der Waals surface area contributed by atoms with Crippen LogP contribution < -0.4 is 5.32 Å². The number of amides is 2. The molecule has 0 bridgehead atoms. The van der Waals surface area contributed by atoms with E-state index in [4.69, 9.17) is 4.74 Å². The van der Waals surface area contributed by atoms with Crippen LogP contribution in [0.4, 0.5) is 0 Å². The SMILES string of the molecule is CN1CCC(C(=O)NCc2cnc3c(c2)CN(C(=O)C2CCOCC2)CC3)C1. The minimum atomic E-state index is 0.0863. The Morgan fingerprint density at radius 1 is 1.21 bits per heavy atom. The van der Waals surface area contributed by atoms with Crippen molar-refractivity contribution in [2.24, 2.45) is 11.8 Å². The molecule has 1 atom stereocenters. The number of fused-ring (bicyclic) bond motifs is 1. The molecule has 2 amide bonds. The predicted molar refractivity (Wildman–Crippen MR) is 104 cm³/mol. The maximum absolute atomic E-state index is 12.8. The molecule has 1 unspecified atom stereocenters. The second kappa shape index (κ2) is 8.57. The quantitative estimate of drug-likeness (QED) is 0.834. The third-order valence-corrected chi connectivity index (χ3v) is 6.21. The van der Waals surface area contributed by atoms with Crippen LogP contribution in [0.2, 0.25) is 0 Å². The van der Waals surface area contributed by atoms with Gasteiger partial charge in [-0.25, -0.2) is 0 Å². The average molecular weight is 386 g/mol. The topological polar surface area (TPSA) is 74.8 Å². The van der Waals surface area contributed by atoms with Crippen molar-refractivity contribution < 1.29 is 14.3 Å². The van der Waals surface area contributed by atoms with E-state index in [1.165, 1.54) is 0 Å². The minimum Gasteiger partial charge on any atom is -0.381 e. The Hall–Kier alpha value is -1.99. The first-order valence-electron chi connectivity index (χ1n) is 10.4. The zero-order valence-corrected chi connectivity index (χ0v) is 16.7. The smallest absolute Gasteiger partial charge is 0.226 e. The van der Waals surface area contributed by atoms with Gasteiger partial charge in [0.05, 0.1) is 5.92 Å². The number of nitrogens with one attached hydrogen (secondary N) is 1. The average Bonchev–Trinajstić information content (AvgIpc) is 3.18. The standard InChI is InChI=1S/C21H30N4O3/c1-24-6-2-17(13-24)20(26)23-12-15-10-18-14-25(7-3-19(18)22-11-15)21(27)16-4-8-28-9-5-16/h10-11,16-17H,2-9,12-14H2,1H3,(H,23,26). The molecule has 2 fully saturated rings. The molecule has 1 N–H and O–H groups in total. The molecule has 1 aromatic heterocycles. The summed E-state index contributed by atoms with van der Waals surface area (Å²) in [6.07, 6.45) is 5.22. The van der Waals surface area contributed by atoms with E-state index in [-0.39, 0.29) is 23.7 Å². The van der Waals surface area contributed by atoms with E-state index < -0.39 is 0 Å². The van der Waals surface area contributed by atoms with E-state index in [1.807, 2.05) is 18.1 Å². The van der Waals surface area contributed by atoms with Crippen LogP contribution >= 0.6 is 0 Å². The molecular weight excluding hydrogens is 356 g/mol. The summed E-state index contributed by atoms with van der Waals surface area (Å²) in [4.78, 5) is 33.9. The van der Waals surface area contributed by atoms with E-state index in [9.17, 15) is 9.59 Å². The molecule has 0 aliphatic carbocycles. The number of aromatic nitrogens is 1. The Labute approximate surface area is 166 Å². The van der Waals surface area contributed by atoms with Crippen molar-refractivity contribution in [1.82, 2.24) is 20.1 Å². The highest BCUT2D eigenvalue weighted by Crippen LogP contribution is 2.24. The lowest BCUT2D eigenvalue weighted by molar-refractivity contribution is -0.139. The van der Waals surface area contributed by atoms with Crippen molar-refractivity contribution in [3.8, 4) is 0 Å². The number of carbonyl (C=O) groups is 2. The first-order chi connectivity index (χ1) is 13.6. The number of ether oxygens (including phenoxy) is 1. The van der Waals surface area contributed by atoms with Gasteiger partial charge in [0, 0.05) is 63.6 Å². The van der Waals surface area contributed by atoms with E-state index in [2.05, 4.69) is 21.3 Å². The second-order valence-corrected chi connectivity index (χ2v) is 8.31. The van der Waals surface area contributed by atoms with Crippen LogP contribution in [0.1, 0.15) is 36.1 Å². The highest BCUT2D eigenvalue weighted by molar-refractivity contribution is 5.79. The predicted octanol–water partition coefficient (Wildman–Crippen LogP) is 0.961. The minimum absolute atomic E-state index is 0.0863. The number of nitrogens with zero attached hydrogens (tertiary/aromatic N) is 3. The summed E-state index contributed by atoms with van der Waals surface area (Å²) in [6.45, 7) is 5.03. The second-order valence-electron chi connectivity index (χ2n) is 8.31. The molecule has 152 valence electrons. The van der Waals surface area contributed by atoms with Crippen LogP contribution in [0.5, 0.6) is 0 Å². The van der Waals surface area contributed by atoms with E-state index >= 15 is 0 Å². The molecule has 7 heteroatoms. The number of hydrogen-bond donors (Lipinski definition) is 1. The highest BCUT2D eigenvalue weighted by Gasteiger charge is 2.29. The van der Waals surface area contributed by atoms with E-state index in [0.29, 0.717) is 26.3 Å². The summed E-state index contributed by atoms with van der Waals surface area (Å²) in [5.74, 6) is 0.551. The first kappa shape index (κ1) is 19.3. The van der Waals surface area contributed by atoms with Gasteiger partial charge in [-0.3, -0.25) is 14.6 Å². The number of likely N-dealkylation sites (tertiary alicyclic amines) is 1. The molecule has 0 saturated carbocycles. The normalized spacial score (nSPS) is 23.5. The fraction of sp³-hybridized carbons (Fsp3) is 0.667. The van der Waals surface area contributed by atoms with Crippen LogP contribution in [-0.2, 0) is 33.8 Å². The molecule has 3 aliphatic rings. The lowest BCUT2D eigenvalue weighted by Gasteiger charge is -2.32. The molecule has 3 aliphatic heterocycles. The van der Waals surface area contributed by atoms with E-state index in [1.54, 1.807) is 0 Å². The van der Waals surface area contributed by atoms with Gasteiger partial charge in [0.25, 0.3) is 0 Å². The molecule has 7 nitrogen and oxygen atoms in total. The summed E-state index contributed by atoms with van der Waals surface area (Å²) in [5.41, 5.74) is 3.18. The zero-order chi connectivity index (χ0) is 19.5. The molecule has 2 saturated heterocycles. The Morgan fingerprint density at radius 2 is 2.04 bits per heavy atom. The fourth-order valence-electron chi connectivity index (χ4n) is 4.45. The van der Waals surface area contributed by atoms with Gasteiger partial charge >= 0.3 is 0 Å². The summed E-state index contributed by atoms with van der Waals surface area (Å²) in [6, 6.07) is 2.10. The Kier molecular flexibility index (Phi) is 5.92. The van der Waals surface area contributed by atoms with Gasteiger partial charge in [0.15, 0.2) is 0 Å². The molecule has 0 aromatic carbocycles. The number of rotatable bonds is 4. The van der Waals surface area contributed by atoms with Crippen LogP contribution in [-0.4, -0.2) is 66.5 Å². The van der Waals surface area contributed by atoms with Crippen molar-refractivity contribution in [3.63, 3.8) is 0 Å². The Balaban J connectivity index is 1.35. The first-order valence-corrected chi connectivity index (χ1v) is 10.4. The van der Waals surface area contributed by atoms with Gasteiger partial charge in [-0.15, -0.1) is 0 Å². The fourth-order valence-corrected chi connectivity index (χ4v) is 4.45. The number of hydrogen-bond acceptors (Lipinski definition) is 5. The van der Waals surface area contributed by atoms with Gasteiger partial charge in [-0.1, -0.05) is 0 Å². The van der Waals surface area contributed by atoms with Crippen LogP contribution in [0, 0.1) is 11.8 Å². The monoisotopic (exact) mass is 386 g/mol. The molecule has 4 rings (SSSR count). The molecule has 0 spiro atoms. The third-order valence-electron chi connectivity index (χ3n) is 6.21. The maximum Gasteiger partial charge on any atom is 0.226 e. The Morgan fingerprint density at radius 3 is 2.79 bits per heavy atom. The van der Waals surface area contributed by atoms with Gasteiger partial charge < -0.3 is 19.9 Å². The van der Waals surface area contributed by atoms with Crippen molar-refractivity contribution in [2.75, 3.05) is 39.9 Å². The van der Waals surface area contributed by atoms with Gasteiger partial charge in [-0.05, 0) is 50.0 Å². The lowest BCUT2D eigenvalue weighted by atomic mass is 9.96. The van der Waals surface area contributed by atoms with Gasteiger partial charge in [0.2, 0.25) is 11.8 Å². The number of pyridine rings is 1. The molecular formula is C21H30N4O3. The largest absolute Gasteiger partial charge is 0.381 e. The highest BCUT2D eigenvalue weighted by atomic mass is 16.5. The molecule has 0 radical (unpaired) electrons. The van der Waals surface area contributed by atoms with Crippen LogP contribution in [0.3, 0.4) is 0 Å². The van der Waals surface area contributed by atoms with Gasteiger partial charge in [0.1, 0.15) is 0 Å². The van der Waals surface area contributed by atoms with Crippen molar-refractivity contribution in [2.45, 2.75) is 38.8 Å². The molecule has 28 heavy (non-hydrogen) atoms. The third kappa shape index (κ3) is 4.36.